The number of nitrogens with zero attached hydrogens (tertiary/aromatic N) is 1. The van der Waals surface area contributed by atoms with Gasteiger partial charge in [0.1, 0.15) is 0 Å². The van der Waals surface area contributed by atoms with Gasteiger partial charge in [-0.05, 0) is 22.9 Å². The van der Waals surface area contributed by atoms with Gasteiger partial charge in [-0.2, -0.15) is 12.6 Å². The van der Waals surface area contributed by atoms with Gasteiger partial charge >= 0.3 is 0 Å². The van der Waals surface area contributed by atoms with Crippen LogP contribution < -0.4 is 0 Å². The first kappa shape index (κ1) is 7.15. The molecule has 4 heteroatoms. The Morgan fingerprint density at radius 1 is 1.78 bits per heavy atom. The smallest absolute Gasteiger partial charge is 0.160 e. The Hall–Kier alpha value is 0.0400. The first-order valence-electron chi connectivity index (χ1n) is 2.47. The molecule has 0 aliphatic carbocycles. The van der Waals surface area contributed by atoms with Crippen LogP contribution in [0.1, 0.15) is 11.5 Å². The van der Waals surface area contributed by atoms with Crippen LogP contribution in [0.25, 0.3) is 0 Å². The van der Waals surface area contributed by atoms with Crippen LogP contribution in [0.5, 0.6) is 0 Å². The number of hydrogen-bond acceptors (Lipinski definition) is 3. The Balaban J connectivity index is 3.04. The minimum Gasteiger partial charge on any atom is -0.359 e. The Morgan fingerprint density at radius 2 is 2.44 bits per heavy atom. The molecule has 0 aliphatic rings. The Kier molecular flexibility index (Phi) is 2.18. The van der Waals surface area contributed by atoms with Crippen molar-refractivity contribution in [1.29, 1.82) is 0 Å². The standard InChI is InChI=1S/C5H6BrNOS/c1-3-5(6)4(2-9)8-7-3/h9H,2H2,1H3. The van der Waals surface area contributed by atoms with Crippen LogP contribution in [0.2, 0.25) is 0 Å². The second-order valence-corrected chi connectivity index (χ2v) is 2.77. The predicted molar refractivity (Wildman–Crippen MR) is 41.6 cm³/mol. The van der Waals surface area contributed by atoms with E-state index in [1.54, 1.807) is 0 Å². The zero-order chi connectivity index (χ0) is 6.85. The molecule has 50 valence electrons. The molecule has 0 atom stereocenters. The topological polar surface area (TPSA) is 26.0 Å². The first-order chi connectivity index (χ1) is 4.25. The summed E-state index contributed by atoms with van der Waals surface area (Å²) >= 11 is 7.33. The highest BCUT2D eigenvalue weighted by Gasteiger charge is 2.06. The molecule has 0 N–H and O–H groups in total. The van der Waals surface area contributed by atoms with Crippen LogP contribution >= 0.6 is 28.6 Å². The van der Waals surface area contributed by atoms with E-state index in [4.69, 9.17) is 4.52 Å². The largest absolute Gasteiger partial charge is 0.359 e. The molecule has 0 aromatic carbocycles. The third-order valence-corrected chi connectivity index (χ3v) is 2.30. The van der Waals surface area contributed by atoms with Crippen molar-refractivity contribution in [2.45, 2.75) is 12.7 Å². The third kappa shape index (κ3) is 1.30. The average molecular weight is 208 g/mol. The van der Waals surface area contributed by atoms with Crippen LogP contribution in [-0.2, 0) is 5.75 Å². The van der Waals surface area contributed by atoms with Crippen molar-refractivity contribution in [3.8, 4) is 0 Å². The number of halogens is 1. The highest BCUT2D eigenvalue weighted by molar-refractivity contribution is 9.10. The van der Waals surface area contributed by atoms with E-state index in [-0.39, 0.29) is 0 Å². The molecule has 2 nitrogen and oxygen atoms in total. The summed E-state index contributed by atoms with van der Waals surface area (Å²) in [5.74, 6) is 1.37. The normalized spacial score (nSPS) is 10.1. The molecule has 0 amide bonds. The minimum atomic E-state index is 0.585. The monoisotopic (exact) mass is 207 g/mol. The number of hydrogen-bond donors (Lipinski definition) is 1. The molecular weight excluding hydrogens is 202 g/mol. The van der Waals surface area contributed by atoms with E-state index in [1.165, 1.54) is 0 Å². The number of aryl methyl sites for hydroxylation is 1. The minimum absolute atomic E-state index is 0.585. The van der Waals surface area contributed by atoms with Crippen LogP contribution in [0, 0.1) is 6.92 Å². The summed E-state index contributed by atoms with van der Waals surface area (Å²) in [7, 11) is 0. The molecule has 1 aromatic rings. The highest BCUT2D eigenvalue weighted by atomic mass is 79.9. The fraction of sp³-hybridized carbons (Fsp3) is 0.400. The van der Waals surface area contributed by atoms with E-state index >= 15 is 0 Å². The molecular formula is C5H6BrNOS. The quantitative estimate of drug-likeness (QED) is 0.715. The Bertz CT molecular complexity index is 211. The van der Waals surface area contributed by atoms with Gasteiger partial charge in [-0.1, -0.05) is 5.16 Å². The second-order valence-electron chi connectivity index (χ2n) is 1.66. The van der Waals surface area contributed by atoms with Gasteiger partial charge in [-0.25, -0.2) is 0 Å². The summed E-state index contributed by atoms with van der Waals surface area (Å²) in [4.78, 5) is 0. The lowest BCUT2D eigenvalue weighted by molar-refractivity contribution is 0.390. The second kappa shape index (κ2) is 2.75. The van der Waals surface area contributed by atoms with Gasteiger partial charge in [0.2, 0.25) is 0 Å². The summed E-state index contributed by atoms with van der Waals surface area (Å²) in [6.45, 7) is 1.88. The number of aromatic nitrogens is 1. The Morgan fingerprint density at radius 3 is 2.67 bits per heavy atom. The molecule has 0 saturated carbocycles. The molecule has 1 rings (SSSR count). The van der Waals surface area contributed by atoms with Gasteiger partial charge in [0.15, 0.2) is 5.76 Å². The lowest BCUT2D eigenvalue weighted by Crippen LogP contribution is -1.71. The lowest BCUT2D eigenvalue weighted by atomic mass is 10.4. The fourth-order valence-electron chi connectivity index (χ4n) is 0.504. The zero-order valence-corrected chi connectivity index (χ0v) is 7.37. The summed E-state index contributed by atoms with van der Waals surface area (Å²) in [6, 6.07) is 0. The molecule has 0 aliphatic heterocycles. The maximum Gasteiger partial charge on any atom is 0.160 e. The van der Waals surface area contributed by atoms with E-state index < -0.39 is 0 Å². The molecule has 0 saturated heterocycles. The van der Waals surface area contributed by atoms with E-state index in [0.717, 1.165) is 15.9 Å². The molecule has 0 radical (unpaired) electrons. The molecule has 0 spiro atoms. The van der Waals surface area contributed by atoms with Crippen molar-refractivity contribution < 1.29 is 4.52 Å². The van der Waals surface area contributed by atoms with Crippen LogP contribution in [-0.4, -0.2) is 5.16 Å². The molecule has 9 heavy (non-hydrogen) atoms. The molecule has 0 bridgehead atoms. The van der Waals surface area contributed by atoms with Gasteiger partial charge in [0.05, 0.1) is 15.9 Å². The van der Waals surface area contributed by atoms with Gasteiger partial charge < -0.3 is 4.52 Å². The van der Waals surface area contributed by atoms with Crippen molar-refractivity contribution >= 4 is 28.6 Å². The van der Waals surface area contributed by atoms with Crippen molar-refractivity contribution in [2.75, 3.05) is 0 Å². The van der Waals surface area contributed by atoms with Crippen molar-refractivity contribution in [1.82, 2.24) is 5.16 Å². The fourth-order valence-corrected chi connectivity index (χ4v) is 1.22. The van der Waals surface area contributed by atoms with Gasteiger partial charge in [0.25, 0.3) is 0 Å². The van der Waals surface area contributed by atoms with Crippen LogP contribution in [0.3, 0.4) is 0 Å². The van der Waals surface area contributed by atoms with Gasteiger partial charge in [0, 0.05) is 0 Å². The average Bonchev–Trinajstić information content (AvgIpc) is 2.15. The summed E-state index contributed by atoms with van der Waals surface area (Å²) in [5.41, 5.74) is 0.874. The zero-order valence-electron chi connectivity index (χ0n) is 4.89. The SMILES string of the molecule is Cc1noc(CS)c1Br. The summed E-state index contributed by atoms with van der Waals surface area (Å²) < 4.78 is 5.80. The lowest BCUT2D eigenvalue weighted by Gasteiger charge is -1.83. The predicted octanol–water partition coefficient (Wildman–Crippen LogP) is 2.18. The molecule has 0 unspecified atom stereocenters. The molecule has 1 aromatic heterocycles. The summed E-state index contributed by atoms with van der Waals surface area (Å²) in [5, 5.41) is 3.72. The number of rotatable bonds is 1. The van der Waals surface area contributed by atoms with E-state index in [2.05, 4.69) is 33.7 Å². The van der Waals surface area contributed by atoms with Crippen molar-refractivity contribution in [3.05, 3.63) is 15.9 Å². The Labute approximate surface area is 67.1 Å². The maximum atomic E-state index is 4.87. The van der Waals surface area contributed by atoms with Crippen molar-refractivity contribution in [2.24, 2.45) is 0 Å². The van der Waals surface area contributed by atoms with Gasteiger partial charge in [-0.3, -0.25) is 0 Å². The first-order valence-corrected chi connectivity index (χ1v) is 3.89. The maximum absolute atomic E-state index is 4.87. The highest BCUT2D eigenvalue weighted by Crippen LogP contribution is 2.21. The van der Waals surface area contributed by atoms with E-state index in [9.17, 15) is 0 Å². The summed E-state index contributed by atoms with van der Waals surface area (Å²) in [6.07, 6.45) is 0. The van der Waals surface area contributed by atoms with Crippen LogP contribution in [0.15, 0.2) is 9.00 Å². The molecule has 0 fully saturated rings. The van der Waals surface area contributed by atoms with Crippen molar-refractivity contribution in [3.63, 3.8) is 0 Å². The van der Waals surface area contributed by atoms with Crippen LogP contribution in [0.4, 0.5) is 0 Å². The number of thiol groups is 1. The third-order valence-electron chi connectivity index (χ3n) is 0.999. The van der Waals surface area contributed by atoms with Gasteiger partial charge in [-0.15, -0.1) is 0 Å². The molecule has 1 heterocycles. The van der Waals surface area contributed by atoms with E-state index in [0.29, 0.717) is 5.75 Å². The van der Waals surface area contributed by atoms with E-state index in [1.807, 2.05) is 6.92 Å².